The molecule has 0 aromatic heterocycles. The number of amides is 1. The van der Waals surface area contributed by atoms with Gasteiger partial charge in [-0.25, -0.2) is 0 Å². The van der Waals surface area contributed by atoms with Gasteiger partial charge in [-0.2, -0.15) is 0 Å². The molecule has 2 aromatic carbocycles. The summed E-state index contributed by atoms with van der Waals surface area (Å²) in [4.78, 5) is 28.3. The van der Waals surface area contributed by atoms with Gasteiger partial charge in [-0.05, 0) is 25.5 Å². The van der Waals surface area contributed by atoms with Gasteiger partial charge in [-0.15, -0.1) is 0 Å². The fourth-order valence-corrected chi connectivity index (χ4v) is 3.32. The Labute approximate surface area is 173 Å². The zero-order chi connectivity index (χ0) is 20.0. The van der Waals surface area contributed by atoms with E-state index in [0.29, 0.717) is 16.8 Å². The number of nitrogens with zero attached hydrogens (tertiary/aromatic N) is 1. The Morgan fingerprint density at radius 1 is 1.00 bits per heavy atom. The maximum atomic E-state index is 13.5. The number of ether oxygens (including phenoxy) is 1. The largest absolute Gasteiger partial charge is 0.454 e. The van der Waals surface area contributed by atoms with Crippen LogP contribution >= 0.6 is 34.8 Å². The van der Waals surface area contributed by atoms with Crippen LogP contribution in [0.2, 0.25) is 0 Å². The van der Waals surface area contributed by atoms with Crippen molar-refractivity contribution in [1.29, 1.82) is 0 Å². The van der Waals surface area contributed by atoms with E-state index in [1.807, 2.05) is 6.07 Å². The third kappa shape index (κ3) is 3.00. The van der Waals surface area contributed by atoms with Crippen molar-refractivity contribution >= 4 is 52.4 Å². The number of para-hydroxylation sites is 1. The SMILES string of the molecule is CN1C(=O)[C@](C(=O)OC(C)(C)C(Cl)(Cl)Cl)(c2ccccc2)c2ccccc21. The molecule has 0 saturated carbocycles. The number of carbonyl (C=O) groups is 2. The average Bonchev–Trinajstić information content (AvgIpc) is 2.83. The number of alkyl halides is 3. The molecule has 0 unspecified atom stereocenters. The number of halogens is 3. The lowest BCUT2D eigenvalue weighted by molar-refractivity contribution is -0.163. The minimum Gasteiger partial charge on any atom is -0.454 e. The molecule has 1 atom stereocenters. The van der Waals surface area contributed by atoms with Crippen LogP contribution in [0.1, 0.15) is 25.0 Å². The summed E-state index contributed by atoms with van der Waals surface area (Å²) in [5, 5.41) is 0. The quantitative estimate of drug-likeness (QED) is 0.408. The molecule has 7 heteroatoms. The molecule has 3 rings (SSSR count). The zero-order valence-electron chi connectivity index (χ0n) is 15.0. The molecule has 1 aliphatic heterocycles. The van der Waals surface area contributed by atoms with Crippen LogP contribution in [-0.4, -0.2) is 28.3 Å². The van der Waals surface area contributed by atoms with E-state index < -0.39 is 26.7 Å². The highest BCUT2D eigenvalue weighted by atomic mass is 35.6. The fourth-order valence-electron chi connectivity index (χ4n) is 3.21. The van der Waals surface area contributed by atoms with Crippen LogP contribution in [-0.2, 0) is 19.7 Å². The summed E-state index contributed by atoms with van der Waals surface area (Å²) in [7, 11) is 1.62. The van der Waals surface area contributed by atoms with E-state index in [9.17, 15) is 9.59 Å². The number of hydrogen-bond donors (Lipinski definition) is 0. The molecule has 0 spiro atoms. The Morgan fingerprint density at radius 3 is 2.15 bits per heavy atom. The topological polar surface area (TPSA) is 46.6 Å². The van der Waals surface area contributed by atoms with Gasteiger partial charge in [-0.1, -0.05) is 83.3 Å². The zero-order valence-corrected chi connectivity index (χ0v) is 17.3. The Kier molecular flexibility index (Phi) is 4.96. The van der Waals surface area contributed by atoms with Gasteiger partial charge in [0.05, 0.1) is 0 Å². The standard InChI is InChI=1S/C20H18Cl3NO3/c1-18(2,20(21,22)23)27-17(26)19(13-9-5-4-6-10-13)14-11-7-8-12-15(14)24(3)16(19)25/h4-12H,1-3H3/t19-/m0/s1. The second kappa shape index (κ2) is 6.69. The van der Waals surface area contributed by atoms with Crippen molar-refractivity contribution in [3.05, 3.63) is 65.7 Å². The molecule has 0 fully saturated rings. The van der Waals surface area contributed by atoms with Crippen LogP contribution in [0.4, 0.5) is 5.69 Å². The van der Waals surface area contributed by atoms with Gasteiger partial charge in [0.1, 0.15) is 0 Å². The molecule has 0 aliphatic carbocycles. The maximum Gasteiger partial charge on any atom is 0.331 e. The van der Waals surface area contributed by atoms with E-state index in [2.05, 4.69) is 0 Å². The van der Waals surface area contributed by atoms with Crippen LogP contribution in [0, 0.1) is 0 Å². The molecule has 2 aromatic rings. The van der Waals surface area contributed by atoms with Crippen molar-refractivity contribution < 1.29 is 14.3 Å². The number of fused-ring (bicyclic) bond motifs is 1. The van der Waals surface area contributed by atoms with Crippen LogP contribution in [0.15, 0.2) is 54.6 Å². The maximum absolute atomic E-state index is 13.5. The van der Waals surface area contributed by atoms with Gasteiger partial charge < -0.3 is 9.64 Å². The summed E-state index contributed by atoms with van der Waals surface area (Å²) in [6, 6.07) is 15.9. The lowest BCUT2D eigenvalue weighted by atomic mass is 9.75. The van der Waals surface area contributed by atoms with Crippen molar-refractivity contribution in [2.45, 2.75) is 28.7 Å². The van der Waals surface area contributed by atoms with Crippen molar-refractivity contribution in [2.24, 2.45) is 0 Å². The summed E-state index contributed by atoms with van der Waals surface area (Å²) in [5.74, 6) is -1.20. The smallest absolute Gasteiger partial charge is 0.331 e. The Balaban J connectivity index is 2.23. The second-order valence-electron chi connectivity index (χ2n) is 6.89. The fraction of sp³-hybridized carbons (Fsp3) is 0.300. The summed E-state index contributed by atoms with van der Waals surface area (Å²) in [5.41, 5.74) is -1.45. The van der Waals surface area contributed by atoms with Crippen LogP contribution in [0.3, 0.4) is 0 Å². The second-order valence-corrected chi connectivity index (χ2v) is 9.18. The van der Waals surface area contributed by atoms with Crippen LogP contribution in [0.5, 0.6) is 0 Å². The Morgan fingerprint density at radius 2 is 1.56 bits per heavy atom. The number of benzene rings is 2. The van der Waals surface area contributed by atoms with Gasteiger partial charge in [-0.3, -0.25) is 9.59 Å². The molecular weight excluding hydrogens is 409 g/mol. The first-order valence-electron chi connectivity index (χ1n) is 8.27. The molecule has 27 heavy (non-hydrogen) atoms. The average molecular weight is 427 g/mol. The molecular formula is C20H18Cl3NO3. The van der Waals surface area contributed by atoms with E-state index in [4.69, 9.17) is 39.5 Å². The molecule has 1 aliphatic rings. The van der Waals surface area contributed by atoms with E-state index in [-0.39, 0.29) is 0 Å². The van der Waals surface area contributed by atoms with Crippen LogP contribution in [0.25, 0.3) is 0 Å². The van der Waals surface area contributed by atoms with Crippen molar-refractivity contribution in [3.8, 4) is 0 Å². The highest BCUT2D eigenvalue weighted by Crippen LogP contribution is 2.48. The summed E-state index contributed by atoms with van der Waals surface area (Å²) >= 11 is 18.0. The van der Waals surface area contributed by atoms with Gasteiger partial charge in [0, 0.05) is 18.3 Å². The third-order valence-electron chi connectivity index (χ3n) is 4.84. The summed E-state index contributed by atoms with van der Waals surface area (Å²) in [6.45, 7) is 2.98. The predicted octanol–water partition coefficient (Wildman–Crippen LogP) is 4.64. The third-order valence-corrected chi connectivity index (χ3v) is 6.20. The number of hydrogen-bond acceptors (Lipinski definition) is 3. The van der Waals surface area contributed by atoms with Crippen molar-refractivity contribution in [3.63, 3.8) is 0 Å². The van der Waals surface area contributed by atoms with E-state index in [1.54, 1.807) is 55.6 Å². The molecule has 0 bridgehead atoms. The van der Waals surface area contributed by atoms with E-state index in [0.717, 1.165) is 0 Å². The number of anilines is 1. The first-order chi connectivity index (χ1) is 12.5. The Hall–Kier alpha value is -1.75. The molecule has 0 saturated heterocycles. The van der Waals surface area contributed by atoms with Gasteiger partial charge >= 0.3 is 5.97 Å². The lowest BCUT2D eigenvalue weighted by Gasteiger charge is -2.36. The number of rotatable bonds is 3. The highest BCUT2D eigenvalue weighted by Gasteiger charge is 2.60. The van der Waals surface area contributed by atoms with E-state index >= 15 is 0 Å². The molecule has 0 N–H and O–H groups in total. The summed E-state index contributed by atoms with van der Waals surface area (Å²) in [6.07, 6.45) is 0. The first-order valence-corrected chi connectivity index (χ1v) is 9.40. The molecule has 142 valence electrons. The minimum absolute atomic E-state index is 0.417. The van der Waals surface area contributed by atoms with Crippen molar-refractivity contribution in [2.75, 3.05) is 11.9 Å². The number of esters is 1. The number of likely N-dealkylation sites (N-methyl/N-ethyl adjacent to an activating group) is 1. The molecule has 1 heterocycles. The highest BCUT2D eigenvalue weighted by molar-refractivity contribution is 6.68. The van der Waals surface area contributed by atoms with Crippen molar-refractivity contribution in [1.82, 2.24) is 0 Å². The number of carbonyl (C=O) groups excluding carboxylic acids is 2. The van der Waals surface area contributed by atoms with Crippen LogP contribution < -0.4 is 4.90 Å². The molecule has 0 radical (unpaired) electrons. The van der Waals surface area contributed by atoms with Gasteiger partial charge in [0.15, 0.2) is 11.0 Å². The predicted molar refractivity (Wildman–Crippen MR) is 108 cm³/mol. The van der Waals surface area contributed by atoms with Gasteiger partial charge in [0.2, 0.25) is 3.79 Å². The monoisotopic (exact) mass is 425 g/mol. The van der Waals surface area contributed by atoms with E-state index in [1.165, 1.54) is 18.7 Å². The normalized spacial score (nSPS) is 19.8. The summed E-state index contributed by atoms with van der Waals surface area (Å²) < 4.78 is 3.77. The molecule has 4 nitrogen and oxygen atoms in total. The lowest BCUT2D eigenvalue weighted by Crippen LogP contribution is -2.52. The molecule has 1 amide bonds. The minimum atomic E-state index is -1.87. The van der Waals surface area contributed by atoms with Gasteiger partial charge in [0.25, 0.3) is 5.91 Å². The Bertz CT molecular complexity index is 893. The first kappa shape index (κ1) is 20.0.